The van der Waals surface area contributed by atoms with Crippen molar-refractivity contribution < 1.29 is 19.0 Å². The Bertz CT molecular complexity index is 312. The van der Waals surface area contributed by atoms with Gasteiger partial charge in [-0.25, -0.2) is 4.39 Å². The summed E-state index contributed by atoms with van der Waals surface area (Å²) >= 11 is 0. The first-order chi connectivity index (χ1) is 6.77. The Labute approximate surface area is 81.1 Å². The molecule has 0 heterocycles. The van der Waals surface area contributed by atoms with Gasteiger partial charge in [-0.3, -0.25) is 4.79 Å². The summed E-state index contributed by atoms with van der Waals surface area (Å²) in [6.45, 7) is 0.266. The Morgan fingerprint density at radius 1 is 1.50 bits per heavy atom. The van der Waals surface area contributed by atoms with Crippen LogP contribution in [0.15, 0.2) is 18.2 Å². The predicted molar refractivity (Wildman–Crippen MR) is 49.0 cm³/mol. The number of benzene rings is 1. The van der Waals surface area contributed by atoms with Crippen molar-refractivity contribution in [2.45, 2.75) is 6.42 Å². The molecule has 0 saturated carbocycles. The molecule has 0 aliphatic carbocycles. The Morgan fingerprint density at radius 3 is 2.86 bits per heavy atom. The molecule has 0 unspecified atom stereocenters. The van der Waals surface area contributed by atoms with Crippen LogP contribution in [0, 0.1) is 5.82 Å². The molecular weight excluding hydrogens is 187 g/mol. The van der Waals surface area contributed by atoms with Gasteiger partial charge in [0, 0.05) is 18.6 Å². The molecule has 0 amide bonds. The molecular formula is C10H11FO3. The van der Waals surface area contributed by atoms with Gasteiger partial charge in [0.2, 0.25) is 0 Å². The van der Waals surface area contributed by atoms with Crippen LogP contribution in [0.2, 0.25) is 0 Å². The average Bonchev–Trinajstić information content (AvgIpc) is 2.20. The third-order valence-corrected chi connectivity index (χ3v) is 1.65. The second-order valence-corrected chi connectivity index (χ2v) is 2.73. The molecule has 3 nitrogen and oxygen atoms in total. The van der Waals surface area contributed by atoms with Gasteiger partial charge in [-0.15, -0.1) is 0 Å². The number of halogens is 1. The molecule has 1 rings (SSSR count). The average molecular weight is 198 g/mol. The Kier molecular flexibility index (Phi) is 4.07. The van der Waals surface area contributed by atoms with Gasteiger partial charge in [0.25, 0.3) is 0 Å². The Hall–Kier alpha value is -1.42. The van der Waals surface area contributed by atoms with Gasteiger partial charge < -0.3 is 9.84 Å². The third-order valence-electron chi connectivity index (χ3n) is 1.65. The Morgan fingerprint density at radius 2 is 2.29 bits per heavy atom. The first-order valence-electron chi connectivity index (χ1n) is 4.26. The molecule has 0 aliphatic heterocycles. The number of carbonyl (C=O) groups excluding carboxylic acids is 1. The number of carbonyl (C=O) groups is 1. The van der Waals surface area contributed by atoms with Gasteiger partial charge in [0.15, 0.2) is 11.6 Å². The number of aldehydes is 1. The van der Waals surface area contributed by atoms with Gasteiger partial charge in [-0.05, 0) is 18.2 Å². The standard InChI is InChI=1S/C10H11FO3/c11-9-6-8(7-13)2-3-10(9)14-5-1-4-12/h2-3,6-7,12H,1,4-5H2. The van der Waals surface area contributed by atoms with Crippen LogP contribution in [-0.4, -0.2) is 24.6 Å². The maximum absolute atomic E-state index is 13.1. The number of hydrogen-bond donors (Lipinski definition) is 1. The van der Waals surface area contributed by atoms with Crippen LogP contribution in [0.1, 0.15) is 16.8 Å². The minimum Gasteiger partial charge on any atom is -0.490 e. The van der Waals surface area contributed by atoms with E-state index < -0.39 is 5.82 Å². The minimum atomic E-state index is -0.562. The summed E-state index contributed by atoms with van der Waals surface area (Å²) in [6, 6.07) is 3.99. The summed E-state index contributed by atoms with van der Waals surface area (Å²) < 4.78 is 18.1. The highest BCUT2D eigenvalue weighted by Crippen LogP contribution is 2.17. The van der Waals surface area contributed by atoms with E-state index in [1.165, 1.54) is 12.1 Å². The van der Waals surface area contributed by atoms with E-state index in [4.69, 9.17) is 9.84 Å². The molecule has 0 fully saturated rings. The molecule has 1 aromatic rings. The van der Waals surface area contributed by atoms with Crippen LogP contribution in [0.4, 0.5) is 4.39 Å². The van der Waals surface area contributed by atoms with Crippen LogP contribution < -0.4 is 4.74 Å². The molecule has 0 aromatic heterocycles. The fraction of sp³-hybridized carbons (Fsp3) is 0.300. The summed E-state index contributed by atoms with van der Waals surface area (Å²) in [5, 5.41) is 8.48. The van der Waals surface area contributed by atoms with E-state index in [-0.39, 0.29) is 24.5 Å². The van der Waals surface area contributed by atoms with Crippen molar-refractivity contribution in [1.82, 2.24) is 0 Å². The van der Waals surface area contributed by atoms with Crippen LogP contribution in [0.3, 0.4) is 0 Å². The zero-order valence-electron chi connectivity index (χ0n) is 7.57. The second kappa shape index (κ2) is 5.34. The van der Waals surface area contributed by atoms with Gasteiger partial charge >= 0.3 is 0 Å². The van der Waals surface area contributed by atoms with Gasteiger partial charge in [-0.1, -0.05) is 0 Å². The van der Waals surface area contributed by atoms with Crippen LogP contribution in [-0.2, 0) is 0 Å². The van der Waals surface area contributed by atoms with E-state index in [0.717, 1.165) is 6.07 Å². The maximum Gasteiger partial charge on any atom is 0.165 e. The highest BCUT2D eigenvalue weighted by atomic mass is 19.1. The third kappa shape index (κ3) is 2.81. The normalized spacial score (nSPS) is 9.86. The van der Waals surface area contributed by atoms with E-state index in [9.17, 15) is 9.18 Å². The van der Waals surface area contributed by atoms with Gasteiger partial charge in [0.05, 0.1) is 6.61 Å². The molecule has 0 bridgehead atoms. The highest BCUT2D eigenvalue weighted by molar-refractivity contribution is 5.74. The van der Waals surface area contributed by atoms with E-state index in [1.54, 1.807) is 0 Å². The Balaban J connectivity index is 2.64. The largest absolute Gasteiger partial charge is 0.490 e. The molecule has 0 saturated heterocycles. The summed E-state index contributed by atoms with van der Waals surface area (Å²) in [6.07, 6.45) is 1.02. The molecule has 0 aliphatic rings. The molecule has 1 N–H and O–H groups in total. The number of hydrogen-bond acceptors (Lipinski definition) is 3. The number of aliphatic hydroxyl groups excluding tert-OH is 1. The molecule has 0 spiro atoms. The van der Waals surface area contributed by atoms with E-state index >= 15 is 0 Å². The monoisotopic (exact) mass is 198 g/mol. The number of ether oxygens (including phenoxy) is 1. The first kappa shape index (κ1) is 10.7. The smallest absolute Gasteiger partial charge is 0.165 e. The maximum atomic E-state index is 13.1. The lowest BCUT2D eigenvalue weighted by atomic mass is 10.2. The molecule has 76 valence electrons. The topological polar surface area (TPSA) is 46.5 Å². The first-order valence-corrected chi connectivity index (χ1v) is 4.26. The summed E-state index contributed by atoms with van der Waals surface area (Å²) in [5.41, 5.74) is 0.275. The summed E-state index contributed by atoms with van der Waals surface area (Å²) in [7, 11) is 0. The quantitative estimate of drug-likeness (QED) is 0.574. The molecule has 0 atom stereocenters. The van der Waals surface area contributed by atoms with Crippen LogP contribution in [0.25, 0.3) is 0 Å². The van der Waals surface area contributed by atoms with Crippen molar-refractivity contribution in [3.8, 4) is 5.75 Å². The van der Waals surface area contributed by atoms with E-state index in [0.29, 0.717) is 12.7 Å². The molecule has 4 heteroatoms. The summed E-state index contributed by atoms with van der Waals surface area (Å²) in [5.74, 6) is -0.461. The van der Waals surface area contributed by atoms with Crippen molar-refractivity contribution in [3.05, 3.63) is 29.6 Å². The van der Waals surface area contributed by atoms with Crippen molar-refractivity contribution >= 4 is 6.29 Å². The summed E-state index contributed by atoms with van der Waals surface area (Å²) in [4.78, 5) is 10.3. The zero-order chi connectivity index (χ0) is 10.4. The highest BCUT2D eigenvalue weighted by Gasteiger charge is 2.03. The van der Waals surface area contributed by atoms with Crippen molar-refractivity contribution in [1.29, 1.82) is 0 Å². The van der Waals surface area contributed by atoms with Crippen molar-refractivity contribution in [2.24, 2.45) is 0 Å². The predicted octanol–water partition coefficient (Wildman–Crippen LogP) is 1.40. The van der Waals surface area contributed by atoms with E-state index in [2.05, 4.69) is 0 Å². The SMILES string of the molecule is O=Cc1ccc(OCCCO)c(F)c1. The van der Waals surface area contributed by atoms with Crippen molar-refractivity contribution in [2.75, 3.05) is 13.2 Å². The zero-order valence-corrected chi connectivity index (χ0v) is 7.57. The molecule has 0 radical (unpaired) electrons. The van der Waals surface area contributed by atoms with Gasteiger partial charge in [-0.2, -0.15) is 0 Å². The molecule has 14 heavy (non-hydrogen) atoms. The fourth-order valence-electron chi connectivity index (χ4n) is 0.954. The fourth-order valence-corrected chi connectivity index (χ4v) is 0.954. The lowest BCUT2D eigenvalue weighted by Crippen LogP contribution is -2.01. The number of aliphatic hydroxyl groups is 1. The number of rotatable bonds is 5. The second-order valence-electron chi connectivity index (χ2n) is 2.73. The van der Waals surface area contributed by atoms with Crippen molar-refractivity contribution in [3.63, 3.8) is 0 Å². The lowest BCUT2D eigenvalue weighted by Gasteiger charge is -2.05. The van der Waals surface area contributed by atoms with E-state index in [1.807, 2.05) is 0 Å². The lowest BCUT2D eigenvalue weighted by molar-refractivity contribution is 0.112. The van der Waals surface area contributed by atoms with Crippen LogP contribution >= 0.6 is 0 Å². The van der Waals surface area contributed by atoms with Crippen LogP contribution in [0.5, 0.6) is 5.75 Å². The molecule has 1 aromatic carbocycles. The van der Waals surface area contributed by atoms with Gasteiger partial charge in [0.1, 0.15) is 6.29 Å². The minimum absolute atomic E-state index is 0.00798.